The summed E-state index contributed by atoms with van der Waals surface area (Å²) in [7, 11) is 0. The molecule has 2 heteroatoms. The summed E-state index contributed by atoms with van der Waals surface area (Å²) in [6.07, 6.45) is 0. The van der Waals surface area contributed by atoms with Crippen LogP contribution in [-0.4, -0.2) is 0 Å². The molecule has 2 aromatic carbocycles. The van der Waals surface area contributed by atoms with Crippen molar-refractivity contribution in [2.45, 2.75) is 5.92 Å². The Morgan fingerprint density at radius 2 is 1.53 bits per heavy atom. The largest absolute Gasteiger partial charge is 0.197 e. The molecule has 0 aliphatic heterocycles. The Hall–Kier alpha value is -2.58. The number of hydrogen-bond acceptors (Lipinski definition) is 2. The molecule has 0 saturated heterocycles. The lowest BCUT2D eigenvalue weighted by molar-refractivity contribution is 1.04. The maximum absolute atomic E-state index is 9.26. The molecule has 0 heterocycles. The summed E-state index contributed by atoms with van der Waals surface area (Å²) in [5.74, 6) is -0.315. The van der Waals surface area contributed by atoms with E-state index < -0.39 is 0 Å². The SMILES string of the molecule is N#Cc1cccc(C(C#N)c2ccccc2)c1. The third kappa shape index (κ3) is 2.33. The predicted molar refractivity (Wildman–Crippen MR) is 65.1 cm³/mol. The van der Waals surface area contributed by atoms with Gasteiger partial charge in [0.15, 0.2) is 0 Å². The Bertz CT molecular complexity index is 588. The van der Waals surface area contributed by atoms with Crippen molar-refractivity contribution in [2.24, 2.45) is 0 Å². The quantitative estimate of drug-likeness (QED) is 0.777. The smallest absolute Gasteiger partial charge is 0.0991 e. The normalized spacial score (nSPS) is 11.2. The Kier molecular flexibility index (Phi) is 3.19. The average Bonchev–Trinajstić information content (AvgIpc) is 2.41. The molecule has 0 saturated carbocycles. The van der Waals surface area contributed by atoms with E-state index in [2.05, 4.69) is 12.1 Å². The second-order valence-electron chi connectivity index (χ2n) is 3.71. The number of rotatable bonds is 2. The van der Waals surface area contributed by atoms with Crippen LogP contribution < -0.4 is 0 Å². The third-order valence-corrected chi connectivity index (χ3v) is 2.61. The predicted octanol–water partition coefficient (Wildman–Crippen LogP) is 3.21. The summed E-state index contributed by atoms with van der Waals surface area (Å²) in [6, 6.07) is 21.1. The molecule has 0 radical (unpaired) electrons. The van der Waals surface area contributed by atoms with E-state index in [1.807, 2.05) is 36.4 Å². The van der Waals surface area contributed by atoms with Crippen molar-refractivity contribution in [3.05, 3.63) is 71.3 Å². The Morgan fingerprint density at radius 1 is 0.824 bits per heavy atom. The lowest BCUT2D eigenvalue weighted by atomic mass is 9.92. The van der Waals surface area contributed by atoms with Gasteiger partial charge in [0.25, 0.3) is 0 Å². The van der Waals surface area contributed by atoms with Crippen LogP contribution in [0.2, 0.25) is 0 Å². The van der Waals surface area contributed by atoms with Crippen LogP contribution in [0.25, 0.3) is 0 Å². The number of nitrogens with zero attached hydrogens (tertiary/aromatic N) is 2. The number of benzene rings is 2. The van der Waals surface area contributed by atoms with E-state index in [1.165, 1.54) is 0 Å². The lowest BCUT2D eigenvalue weighted by Gasteiger charge is -2.09. The van der Waals surface area contributed by atoms with Crippen LogP contribution in [0.4, 0.5) is 0 Å². The number of hydrogen-bond donors (Lipinski definition) is 0. The molecular weight excluding hydrogens is 208 g/mol. The minimum atomic E-state index is -0.315. The van der Waals surface area contributed by atoms with Gasteiger partial charge < -0.3 is 0 Å². The second kappa shape index (κ2) is 4.96. The minimum Gasteiger partial charge on any atom is -0.197 e. The fourth-order valence-corrected chi connectivity index (χ4v) is 1.77. The Morgan fingerprint density at radius 3 is 2.18 bits per heavy atom. The van der Waals surface area contributed by atoms with Gasteiger partial charge in [0, 0.05) is 0 Å². The molecule has 1 atom stereocenters. The van der Waals surface area contributed by atoms with Crippen molar-refractivity contribution in [3.8, 4) is 12.1 Å². The van der Waals surface area contributed by atoms with Crippen molar-refractivity contribution in [3.63, 3.8) is 0 Å². The molecule has 0 N–H and O–H groups in total. The molecule has 0 aliphatic rings. The maximum Gasteiger partial charge on any atom is 0.0991 e. The van der Waals surface area contributed by atoms with Gasteiger partial charge >= 0.3 is 0 Å². The lowest BCUT2D eigenvalue weighted by Crippen LogP contribution is -1.98. The van der Waals surface area contributed by atoms with Crippen molar-refractivity contribution in [1.82, 2.24) is 0 Å². The monoisotopic (exact) mass is 218 g/mol. The highest BCUT2D eigenvalue weighted by Crippen LogP contribution is 2.24. The minimum absolute atomic E-state index is 0.315. The molecule has 0 bridgehead atoms. The van der Waals surface area contributed by atoms with Crippen LogP contribution in [-0.2, 0) is 0 Å². The zero-order valence-electron chi connectivity index (χ0n) is 9.17. The molecule has 0 fully saturated rings. The van der Waals surface area contributed by atoms with Crippen molar-refractivity contribution in [2.75, 3.05) is 0 Å². The first-order valence-electron chi connectivity index (χ1n) is 5.30. The van der Waals surface area contributed by atoms with Crippen molar-refractivity contribution < 1.29 is 0 Å². The highest BCUT2D eigenvalue weighted by molar-refractivity contribution is 5.42. The van der Waals surface area contributed by atoms with Crippen LogP contribution in [0, 0.1) is 22.7 Å². The summed E-state index contributed by atoms with van der Waals surface area (Å²) in [5, 5.41) is 18.1. The zero-order valence-corrected chi connectivity index (χ0v) is 9.17. The van der Waals surface area contributed by atoms with Gasteiger partial charge in [0.05, 0.1) is 23.6 Å². The molecule has 0 spiro atoms. The molecule has 80 valence electrons. The van der Waals surface area contributed by atoms with E-state index >= 15 is 0 Å². The van der Waals surface area contributed by atoms with E-state index in [1.54, 1.807) is 18.2 Å². The number of nitriles is 2. The molecule has 0 aromatic heterocycles. The van der Waals surface area contributed by atoms with Crippen LogP contribution >= 0.6 is 0 Å². The first kappa shape index (κ1) is 10.9. The van der Waals surface area contributed by atoms with Gasteiger partial charge in [0.2, 0.25) is 0 Å². The zero-order chi connectivity index (χ0) is 12.1. The van der Waals surface area contributed by atoms with Crippen LogP contribution in [0.3, 0.4) is 0 Å². The fraction of sp³-hybridized carbons (Fsp3) is 0.0667. The highest BCUT2D eigenvalue weighted by atomic mass is 14.3. The van der Waals surface area contributed by atoms with Gasteiger partial charge in [0.1, 0.15) is 0 Å². The molecule has 2 aromatic rings. The van der Waals surface area contributed by atoms with Gasteiger partial charge in [-0.3, -0.25) is 0 Å². The van der Waals surface area contributed by atoms with E-state index in [4.69, 9.17) is 5.26 Å². The Balaban J connectivity index is 2.44. The summed E-state index contributed by atoms with van der Waals surface area (Å²) in [5.41, 5.74) is 2.39. The molecule has 0 aliphatic carbocycles. The molecule has 0 amide bonds. The van der Waals surface area contributed by atoms with Crippen LogP contribution in [0.1, 0.15) is 22.6 Å². The first-order valence-corrected chi connectivity index (χ1v) is 5.30. The van der Waals surface area contributed by atoms with Crippen molar-refractivity contribution in [1.29, 1.82) is 10.5 Å². The van der Waals surface area contributed by atoms with Gasteiger partial charge in [-0.1, -0.05) is 42.5 Å². The first-order chi connectivity index (χ1) is 8.35. The van der Waals surface area contributed by atoms with Crippen LogP contribution in [0.15, 0.2) is 54.6 Å². The van der Waals surface area contributed by atoms with E-state index in [0.717, 1.165) is 11.1 Å². The van der Waals surface area contributed by atoms with E-state index in [0.29, 0.717) is 5.56 Å². The van der Waals surface area contributed by atoms with Gasteiger partial charge in [-0.2, -0.15) is 10.5 Å². The van der Waals surface area contributed by atoms with E-state index in [-0.39, 0.29) is 5.92 Å². The molecule has 2 nitrogen and oxygen atoms in total. The summed E-state index contributed by atoms with van der Waals surface area (Å²) < 4.78 is 0. The average molecular weight is 218 g/mol. The standard InChI is InChI=1S/C15H10N2/c16-10-12-5-4-8-14(9-12)15(11-17)13-6-2-1-3-7-13/h1-9,15H. The highest BCUT2D eigenvalue weighted by Gasteiger charge is 2.12. The maximum atomic E-state index is 9.26. The summed E-state index contributed by atoms with van der Waals surface area (Å²) in [4.78, 5) is 0. The molecule has 2 rings (SSSR count). The fourth-order valence-electron chi connectivity index (χ4n) is 1.77. The van der Waals surface area contributed by atoms with Gasteiger partial charge in [-0.05, 0) is 23.3 Å². The van der Waals surface area contributed by atoms with Gasteiger partial charge in [-0.15, -0.1) is 0 Å². The topological polar surface area (TPSA) is 47.6 Å². The molecular formula is C15H10N2. The van der Waals surface area contributed by atoms with Crippen LogP contribution in [0.5, 0.6) is 0 Å². The molecule has 1 unspecified atom stereocenters. The molecule has 17 heavy (non-hydrogen) atoms. The van der Waals surface area contributed by atoms with Crippen molar-refractivity contribution >= 4 is 0 Å². The summed E-state index contributed by atoms with van der Waals surface area (Å²) >= 11 is 0. The third-order valence-electron chi connectivity index (χ3n) is 2.61. The van der Waals surface area contributed by atoms with Gasteiger partial charge in [-0.25, -0.2) is 0 Å². The summed E-state index contributed by atoms with van der Waals surface area (Å²) in [6.45, 7) is 0. The van der Waals surface area contributed by atoms with E-state index in [9.17, 15) is 5.26 Å². The Labute approximate surface area is 100 Å². The second-order valence-corrected chi connectivity index (χ2v) is 3.71.